The average Bonchev–Trinajstić information content (AvgIpc) is 3.92. The first-order chi connectivity index (χ1) is 21.6. The lowest BCUT2D eigenvalue weighted by Crippen LogP contribution is -2.53. The van der Waals surface area contributed by atoms with Crippen molar-refractivity contribution in [3.63, 3.8) is 0 Å². The SMILES string of the molecule is N=C1C=C(C(=O)O)C=C/C1=C(/CC1=CC1)OCC1C[C@H](c2cc(Cl)cc(Cl)c2F)[C@]2(C(=O)Nc3cc(Cl)ccc32)N1CC1CC1. The Kier molecular flexibility index (Phi) is 7.68. The molecule has 0 radical (unpaired) electrons. The van der Waals surface area contributed by atoms with Crippen LogP contribution in [0, 0.1) is 17.1 Å². The quantitative estimate of drug-likeness (QED) is 0.144. The van der Waals surface area contributed by atoms with Crippen LogP contribution in [-0.2, 0) is 19.9 Å². The minimum Gasteiger partial charge on any atom is -0.495 e. The van der Waals surface area contributed by atoms with Crippen LogP contribution in [0.15, 0.2) is 77.1 Å². The molecule has 5 aliphatic rings. The van der Waals surface area contributed by atoms with Gasteiger partial charge in [0, 0.05) is 51.8 Å². The lowest BCUT2D eigenvalue weighted by molar-refractivity contribution is -0.132. The van der Waals surface area contributed by atoms with Gasteiger partial charge in [0.05, 0.1) is 16.3 Å². The van der Waals surface area contributed by atoms with Gasteiger partial charge in [0.25, 0.3) is 0 Å². The monoisotopic (exact) mass is 667 g/mol. The molecule has 1 amide bonds. The minimum atomic E-state index is -1.27. The van der Waals surface area contributed by atoms with Crippen LogP contribution in [0.1, 0.15) is 49.1 Å². The van der Waals surface area contributed by atoms with E-state index in [0.29, 0.717) is 52.9 Å². The van der Waals surface area contributed by atoms with Crippen LogP contribution in [-0.4, -0.2) is 46.8 Å². The van der Waals surface area contributed by atoms with Crippen LogP contribution in [0.4, 0.5) is 10.1 Å². The fourth-order valence-electron chi connectivity index (χ4n) is 6.96. The van der Waals surface area contributed by atoms with Crippen LogP contribution in [0.3, 0.4) is 0 Å². The van der Waals surface area contributed by atoms with Crippen molar-refractivity contribution in [1.82, 2.24) is 4.90 Å². The van der Waals surface area contributed by atoms with Gasteiger partial charge in [-0.2, -0.15) is 0 Å². The molecule has 2 aliphatic heterocycles. The van der Waals surface area contributed by atoms with Crippen LogP contribution in [0.2, 0.25) is 15.1 Å². The number of hydrogen-bond acceptors (Lipinski definition) is 5. The molecule has 7 nitrogen and oxygen atoms in total. The van der Waals surface area contributed by atoms with E-state index >= 15 is 4.39 Å². The molecule has 3 N–H and O–H groups in total. The summed E-state index contributed by atoms with van der Waals surface area (Å²) in [7, 11) is 0. The van der Waals surface area contributed by atoms with E-state index < -0.39 is 23.2 Å². The van der Waals surface area contributed by atoms with Crippen molar-refractivity contribution in [2.24, 2.45) is 5.92 Å². The third-order valence-electron chi connectivity index (χ3n) is 9.34. The molecule has 0 aromatic heterocycles. The number of benzene rings is 2. The standard InChI is InChI=1S/C34H29Cl3FN3O4/c35-20-6-8-25-29(13-20)40-33(44)34(25)26(24-11-21(36)12-27(37)31(24)38)14-22(41(34)15-18-3-4-18)16-45-30(9-17-1-2-17)23-7-5-19(32(42)43)10-28(23)39/h1,5-8,10-13,18,22,26,39H,2-4,9,14-16H2,(H,40,44)(H,42,43)/b30-23+,39-28?/t22?,26-,34-/m1/s1. The highest BCUT2D eigenvalue weighted by molar-refractivity contribution is 6.35. The number of carbonyl (C=O) groups is 2. The highest BCUT2D eigenvalue weighted by atomic mass is 35.5. The first-order valence-corrected chi connectivity index (χ1v) is 16.0. The smallest absolute Gasteiger partial charge is 0.335 e. The van der Waals surface area contributed by atoms with Crippen molar-refractivity contribution in [1.29, 1.82) is 5.41 Å². The molecule has 7 rings (SSSR count). The van der Waals surface area contributed by atoms with Gasteiger partial charge in [0.1, 0.15) is 23.7 Å². The van der Waals surface area contributed by atoms with E-state index in [4.69, 9.17) is 44.9 Å². The number of nitrogens with zero attached hydrogens (tertiary/aromatic N) is 1. The zero-order valence-corrected chi connectivity index (χ0v) is 26.3. The lowest BCUT2D eigenvalue weighted by Gasteiger charge is -2.40. The molecular weight excluding hydrogens is 640 g/mol. The van der Waals surface area contributed by atoms with Gasteiger partial charge in [0.2, 0.25) is 5.91 Å². The molecule has 45 heavy (non-hydrogen) atoms. The fraction of sp³-hybridized carbons (Fsp3) is 0.324. The molecule has 1 unspecified atom stereocenters. The van der Waals surface area contributed by atoms with Crippen molar-refractivity contribution >= 4 is 58.1 Å². The van der Waals surface area contributed by atoms with Crippen molar-refractivity contribution in [2.45, 2.75) is 49.6 Å². The van der Waals surface area contributed by atoms with E-state index in [1.165, 1.54) is 23.8 Å². The van der Waals surface area contributed by atoms with Crippen LogP contribution in [0.25, 0.3) is 0 Å². The van der Waals surface area contributed by atoms with Gasteiger partial charge in [-0.25, -0.2) is 9.18 Å². The average molecular weight is 669 g/mol. The third-order valence-corrected chi connectivity index (χ3v) is 10.1. The molecule has 2 aromatic rings. The fourth-order valence-corrected chi connectivity index (χ4v) is 7.64. The Bertz CT molecular complexity index is 1800. The number of aliphatic carboxylic acids is 1. The molecular formula is C34H29Cl3FN3O4. The predicted molar refractivity (Wildman–Crippen MR) is 172 cm³/mol. The number of carboxylic acid groups (broad SMARTS) is 1. The summed E-state index contributed by atoms with van der Waals surface area (Å²) in [5.41, 5.74) is 2.05. The minimum absolute atomic E-state index is 0.0261. The zero-order valence-electron chi connectivity index (χ0n) is 24.0. The second-order valence-electron chi connectivity index (χ2n) is 12.3. The summed E-state index contributed by atoms with van der Waals surface area (Å²) in [5, 5.41) is 21.6. The second kappa shape index (κ2) is 11.4. The van der Waals surface area contributed by atoms with Gasteiger partial charge in [0.15, 0.2) is 0 Å². The molecule has 232 valence electrons. The Labute approximate surface area is 274 Å². The largest absolute Gasteiger partial charge is 0.495 e. The molecule has 1 saturated heterocycles. The molecule has 2 fully saturated rings. The number of fused-ring (bicyclic) bond motifs is 2. The van der Waals surface area contributed by atoms with Gasteiger partial charge in [-0.15, -0.1) is 0 Å². The Balaban J connectivity index is 1.31. The Morgan fingerprint density at radius 1 is 1.16 bits per heavy atom. The van der Waals surface area contributed by atoms with Crippen molar-refractivity contribution in [3.8, 4) is 0 Å². The molecule has 3 atom stereocenters. The number of carbonyl (C=O) groups excluding carboxylic acids is 1. The maximum absolute atomic E-state index is 15.9. The number of amides is 1. The van der Waals surface area contributed by atoms with E-state index in [9.17, 15) is 14.7 Å². The van der Waals surface area contributed by atoms with E-state index in [2.05, 4.69) is 16.3 Å². The number of halogens is 4. The summed E-state index contributed by atoms with van der Waals surface area (Å²) >= 11 is 19.1. The predicted octanol–water partition coefficient (Wildman–Crippen LogP) is 7.79. The van der Waals surface area contributed by atoms with Gasteiger partial charge < -0.3 is 20.6 Å². The first kappa shape index (κ1) is 30.2. The topological polar surface area (TPSA) is 103 Å². The van der Waals surface area contributed by atoms with Gasteiger partial charge in [-0.3, -0.25) is 9.69 Å². The van der Waals surface area contributed by atoms with E-state index in [1.807, 2.05) is 6.07 Å². The van der Waals surface area contributed by atoms with E-state index in [1.54, 1.807) is 24.3 Å². The Hall–Kier alpha value is -3.43. The van der Waals surface area contributed by atoms with E-state index in [-0.39, 0.29) is 45.4 Å². The van der Waals surface area contributed by atoms with Crippen LogP contribution >= 0.6 is 34.8 Å². The summed E-state index contributed by atoms with van der Waals surface area (Å²) in [6.07, 6.45) is 10.2. The van der Waals surface area contributed by atoms with Crippen molar-refractivity contribution in [2.75, 3.05) is 18.5 Å². The highest BCUT2D eigenvalue weighted by Gasteiger charge is 2.64. The molecule has 0 bridgehead atoms. The second-order valence-corrected chi connectivity index (χ2v) is 13.6. The first-order valence-electron chi connectivity index (χ1n) is 14.8. The number of hydrogen-bond donors (Lipinski definition) is 3. The zero-order chi connectivity index (χ0) is 31.6. The highest BCUT2D eigenvalue weighted by Crippen LogP contribution is 2.59. The lowest BCUT2D eigenvalue weighted by atomic mass is 9.75. The molecule has 11 heteroatoms. The number of nitrogens with one attached hydrogen (secondary N) is 2. The summed E-state index contributed by atoms with van der Waals surface area (Å²) in [4.78, 5) is 28.0. The van der Waals surface area contributed by atoms with Crippen molar-refractivity contribution < 1.29 is 23.8 Å². The van der Waals surface area contributed by atoms with E-state index in [0.717, 1.165) is 19.3 Å². The van der Waals surface area contributed by atoms with Crippen LogP contribution in [0.5, 0.6) is 0 Å². The Morgan fingerprint density at radius 3 is 2.62 bits per heavy atom. The summed E-state index contributed by atoms with van der Waals surface area (Å²) in [6, 6.07) is 7.89. The summed E-state index contributed by atoms with van der Waals surface area (Å²) in [6.45, 7) is 0.771. The number of ether oxygens (including phenoxy) is 1. The Morgan fingerprint density at radius 2 is 1.93 bits per heavy atom. The number of carboxylic acids is 1. The summed E-state index contributed by atoms with van der Waals surface area (Å²) < 4.78 is 22.5. The number of anilines is 1. The van der Waals surface area contributed by atoms with Crippen LogP contribution < -0.4 is 5.32 Å². The normalized spacial score (nSPS) is 26.5. The molecule has 2 aromatic carbocycles. The number of likely N-dealkylation sites (tertiary alicyclic amines) is 1. The third kappa shape index (κ3) is 5.42. The van der Waals surface area contributed by atoms with Gasteiger partial charge in [-0.1, -0.05) is 52.5 Å². The van der Waals surface area contributed by atoms with Crippen molar-refractivity contribution in [3.05, 3.63) is 109 Å². The molecule has 3 aliphatic carbocycles. The number of allylic oxidation sites excluding steroid dienone is 5. The number of rotatable bonds is 9. The van der Waals surface area contributed by atoms with Gasteiger partial charge >= 0.3 is 5.97 Å². The maximum atomic E-state index is 15.9. The maximum Gasteiger partial charge on any atom is 0.335 e. The molecule has 1 spiro atoms. The molecule has 1 saturated carbocycles. The van der Waals surface area contributed by atoms with Gasteiger partial charge in [-0.05, 0) is 79.7 Å². The summed E-state index contributed by atoms with van der Waals surface area (Å²) in [5.74, 6) is -1.70. The molecule has 2 heterocycles.